The Bertz CT molecular complexity index is 1370. The van der Waals surface area contributed by atoms with E-state index in [2.05, 4.69) is 56.8 Å². The van der Waals surface area contributed by atoms with Gasteiger partial charge in [0.25, 0.3) is 0 Å². The van der Waals surface area contributed by atoms with Crippen LogP contribution < -0.4 is 5.32 Å². The smallest absolute Gasteiger partial charge is 0.167 e. The Morgan fingerprint density at radius 1 is 1.23 bits per heavy atom. The number of anilines is 1. The summed E-state index contributed by atoms with van der Waals surface area (Å²) in [5.74, 6) is 1.26. The van der Waals surface area contributed by atoms with Crippen LogP contribution >= 0.6 is 0 Å². The molecule has 0 amide bonds. The zero-order valence-corrected chi connectivity index (χ0v) is 24.3. The van der Waals surface area contributed by atoms with E-state index in [0.717, 1.165) is 32.3 Å². The van der Waals surface area contributed by atoms with Crippen molar-refractivity contribution in [2.45, 2.75) is 65.8 Å². The standard InChI is InChI=1S/C31H41F2N7/c1-7-25(22-11-13-39(8-2)14-12-22)23-9-10-29(35-17-23)36-19-37-30(27(33)18-34-6)24-15-26(32)31-28(16-24)40(20(3)4)21(5)38-31/h9-10,15-18,20,22,25H,6-8,11-14,19H2,1-5H3,(H,35,36)/b27-18+,37-30-/t25-/m1/s1. The largest absolute Gasteiger partial charge is 0.351 e. The van der Waals surface area contributed by atoms with E-state index in [1.165, 1.54) is 24.5 Å². The van der Waals surface area contributed by atoms with Gasteiger partial charge < -0.3 is 14.8 Å². The zero-order valence-electron chi connectivity index (χ0n) is 24.3. The van der Waals surface area contributed by atoms with Gasteiger partial charge in [-0.1, -0.05) is 19.9 Å². The number of rotatable bonds is 11. The summed E-state index contributed by atoms with van der Waals surface area (Å²) in [5, 5.41) is 3.15. The maximum atomic E-state index is 15.1. The molecule has 0 unspecified atom stereocenters. The lowest BCUT2D eigenvalue weighted by Crippen LogP contribution is -2.35. The van der Waals surface area contributed by atoms with Gasteiger partial charge in [-0.05, 0) is 102 Å². The molecule has 4 rings (SSSR count). The molecule has 0 spiro atoms. The van der Waals surface area contributed by atoms with Crippen LogP contribution in [-0.2, 0) is 0 Å². The van der Waals surface area contributed by atoms with Crippen molar-refractivity contribution in [3.8, 4) is 0 Å². The molecular formula is C31H41F2N7. The molecule has 0 aliphatic carbocycles. The van der Waals surface area contributed by atoms with Crippen molar-refractivity contribution in [2.24, 2.45) is 15.9 Å². The van der Waals surface area contributed by atoms with Gasteiger partial charge in [0.05, 0.1) is 11.7 Å². The third-order valence-electron chi connectivity index (χ3n) is 7.95. The molecule has 1 N–H and O–H groups in total. The fourth-order valence-corrected chi connectivity index (χ4v) is 5.94. The van der Waals surface area contributed by atoms with Gasteiger partial charge in [0, 0.05) is 17.8 Å². The van der Waals surface area contributed by atoms with Crippen molar-refractivity contribution in [3.05, 3.63) is 65.3 Å². The summed E-state index contributed by atoms with van der Waals surface area (Å²) in [6, 6.07) is 7.11. The zero-order chi connectivity index (χ0) is 28.8. The number of halogens is 2. The maximum absolute atomic E-state index is 15.1. The second-order valence-electron chi connectivity index (χ2n) is 10.7. The maximum Gasteiger partial charge on any atom is 0.167 e. The molecule has 7 nitrogen and oxygen atoms in total. The molecule has 1 aliphatic rings. The Labute approximate surface area is 236 Å². The number of hydrogen-bond donors (Lipinski definition) is 1. The van der Waals surface area contributed by atoms with Crippen LogP contribution in [0.2, 0.25) is 0 Å². The van der Waals surface area contributed by atoms with Crippen LogP contribution in [-0.4, -0.2) is 58.2 Å². The molecule has 3 heterocycles. The van der Waals surface area contributed by atoms with Crippen LogP contribution in [0.25, 0.3) is 11.0 Å². The van der Waals surface area contributed by atoms with Gasteiger partial charge in [-0.25, -0.2) is 18.7 Å². The highest BCUT2D eigenvalue weighted by Crippen LogP contribution is 2.35. The van der Waals surface area contributed by atoms with Crippen molar-refractivity contribution < 1.29 is 8.78 Å². The van der Waals surface area contributed by atoms with Crippen LogP contribution in [0.1, 0.15) is 75.9 Å². The van der Waals surface area contributed by atoms with Gasteiger partial charge >= 0.3 is 0 Å². The molecule has 0 radical (unpaired) electrons. The Balaban J connectivity index is 1.53. The number of aliphatic imine (C=N–C) groups is 2. The van der Waals surface area contributed by atoms with Crippen molar-refractivity contribution >= 4 is 29.3 Å². The van der Waals surface area contributed by atoms with Crippen molar-refractivity contribution in [2.75, 3.05) is 31.6 Å². The van der Waals surface area contributed by atoms with Gasteiger partial charge in [-0.3, -0.25) is 9.98 Å². The fourth-order valence-electron chi connectivity index (χ4n) is 5.94. The molecule has 1 aromatic carbocycles. The summed E-state index contributed by atoms with van der Waals surface area (Å²) in [7, 11) is 0. The van der Waals surface area contributed by atoms with E-state index in [1.807, 2.05) is 37.6 Å². The van der Waals surface area contributed by atoms with Crippen LogP contribution in [0, 0.1) is 18.7 Å². The molecule has 1 saturated heterocycles. The van der Waals surface area contributed by atoms with Crippen LogP contribution in [0.15, 0.2) is 52.5 Å². The molecule has 0 bridgehead atoms. The van der Waals surface area contributed by atoms with Gasteiger partial charge in [-0.15, -0.1) is 0 Å². The second kappa shape index (κ2) is 13.3. The van der Waals surface area contributed by atoms with Crippen LogP contribution in [0.5, 0.6) is 0 Å². The molecule has 1 fully saturated rings. The normalized spacial score (nSPS) is 16.6. The van der Waals surface area contributed by atoms with E-state index in [9.17, 15) is 0 Å². The van der Waals surface area contributed by atoms with Gasteiger partial charge in [0.1, 0.15) is 29.5 Å². The first-order valence-electron chi connectivity index (χ1n) is 14.2. The minimum absolute atomic E-state index is 0.0176. The van der Waals surface area contributed by atoms with E-state index in [0.29, 0.717) is 34.6 Å². The third kappa shape index (κ3) is 6.46. The molecule has 1 aliphatic heterocycles. The molecular weight excluding hydrogens is 508 g/mol. The molecule has 0 saturated carbocycles. The number of allylic oxidation sites excluding steroid dienone is 1. The number of hydrogen-bond acceptors (Lipinski definition) is 6. The van der Waals surface area contributed by atoms with E-state index in [4.69, 9.17) is 0 Å². The lowest BCUT2D eigenvalue weighted by Gasteiger charge is -2.35. The predicted molar refractivity (Wildman–Crippen MR) is 161 cm³/mol. The van der Waals surface area contributed by atoms with Crippen LogP contribution in [0.4, 0.5) is 14.6 Å². The van der Waals surface area contributed by atoms with Crippen molar-refractivity contribution in [1.29, 1.82) is 0 Å². The number of likely N-dealkylation sites (tertiary alicyclic amines) is 1. The third-order valence-corrected chi connectivity index (χ3v) is 7.95. The number of piperidine rings is 1. The molecule has 214 valence electrons. The lowest BCUT2D eigenvalue weighted by atomic mass is 9.79. The molecule has 1 atom stereocenters. The summed E-state index contributed by atoms with van der Waals surface area (Å²) < 4.78 is 32.1. The van der Waals surface area contributed by atoms with E-state index >= 15 is 8.78 Å². The summed E-state index contributed by atoms with van der Waals surface area (Å²) in [4.78, 5) is 19.5. The summed E-state index contributed by atoms with van der Waals surface area (Å²) >= 11 is 0. The Kier molecular flexibility index (Phi) is 9.79. The van der Waals surface area contributed by atoms with Gasteiger partial charge in [0.15, 0.2) is 11.6 Å². The number of pyridine rings is 1. The highest BCUT2D eigenvalue weighted by molar-refractivity contribution is 6.12. The average Bonchev–Trinajstić information content (AvgIpc) is 3.29. The minimum atomic E-state index is -0.703. The monoisotopic (exact) mass is 549 g/mol. The Morgan fingerprint density at radius 3 is 2.58 bits per heavy atom. The lowest BCUT2D eigenvalue weighted by molar-refractivity contribution is 0.173. The van der Waals surface area contributed by atoms with Gasteiger partial charge in [-0.2, -0.15) is 0 Å². The molecule has 9 heteroatoms. The molecule has 2 aromatic heterocycles. The highest BCUT2D eigenvalue weighted by atomic mass is 19.1. The van der Waals surface area contributed by atoms with Crippen molar-refractivity contribution in [3.63, 3.8) is 0 Å². The summed E-state index contributed by atoms with van der Waals surface area (Å²) in [5.41, 5.74) is 2.37. The fraction of sp³-hybridized carbons (Fsp3) is 0.484. The number of imidazole rings is 1. The highest BCUT2D eigenvalue weighted by Gasteiger charge is 2.26. The number of aromatic nitrogens is 3. The quantitative estimate of drug-likeness (QED) is 0.260. The van der Waals surface area contributed by atoms with Crippen LogP contribution in [0.3, 0.4) is 0 Å². The average molecular weight is 550 g/mol. The molecule has 3 aromatic rings. The SMILES string of the molecule is C=N/C=C(F)\C(=N/CNc1ccc([C@H](CC)C2CCN(CC)CC2)cn1)c1cc(F)c2nc(C)n(C(C)C)c2c1. The van der Waals surface area contributed by atoms with E-state index < -0.39 is 11.6 Å². The first-order valence-corrected chi connectivity index (χ1v) is 14.2. The van der Waals surface area contributed by atoms with Crippen molar-refractivity contribution in [1.82, 2.24) is 19.4 Å². The number of nitrogens with zero attached hydrogens (tertiary/aromatic N) is 6. The summed E-state index contributed by atoms with van der Waals surface area (Å²) in [6.45, 7) is 17.1. The predicted octanol–water partition coefficient (Wildman–Crippen LogP) is 7.06. The number of fused-ring (bicyclic) bond motifs is 1. The number of aryl methyl sites for hydroxylation is 1. The first-order chi connectivity index (χ1) is 19.3. The van der Waals surface area contributed by atoms with E-state index in [-0.39, 0.29) is 23.9 Å². The summed E-state index contributed by atoms with van der Waals surface area (Å²) in [6.07, 6.45) is 6.43. The van der Waals surface area contributed by atoms with Gasteiger partial charge in [0.2, 0.25) is 0 Å². The Hall–Kier alpha value is -3.46. The number of nitrogens with one attached hydrogen (secondary N) is 1. The Morgan fingerprint density at radius 2 is 1.98 bits per heavy atom. The topological polar surface area (TPSA) is 70.7 Å². The molecule has 40 heavy (non-hydrogen) atoms. The minimum Gasteiger partial charge on any atom is -0.351 e. The first kappa shape index (κ1) is 29.5. The van der Waals surface area contributed by atoms with E-state index in [1.54, 1.807) is 6.07 Å². The number of benzene rings is 1. The second-order valence-corrected chi connectivity index (χ2v) is 10.7.